The molecule has 0 aromatic rings. The minimum atomic E-state index is -0.269. The molecule has 1 rings (SSSR count). The zero-order valence-corrected chi connectivity index (χ0v) is 7.89. The molecule has 0 aromatic carbocycles. The molecule has 2 atom stereocenters. The van der Waals surface area contributed by atoms with Gasteiger partial charge in [-0.05, 0) is 30.3 Å². The lowest BCUT2D eigenvalue weighted by atomic mass is 9.77. The first-order chi connectivity index (χ1) is 4.96. The van der Waals surface area contributed by atoms with Crippen LogP contribution in [-0.2, 0) is 0 Å². The Morgan fingerprint density at radius 1 is 1.64 bits per heavy atom. The van der Waals surface area contributed by atoms with Crippen LogP contribution in [0.3, 0.4) is 0 Å². The third kappa shape index (κ3) is 1.34. The van der Waals surface area contributed by atoms with Crippen LogP contribution < -0.4 is 0 Å². The highest BCUT2D eigenvalue weighted by Crippen LogP contribution is 2.44. The van der Waals surface area contributed by atoms with Gasteiger partial charge in [-0.1, -0.05) is 26.8 Å². The summed E-state index contributed by atoms with van der Waals surface area (Å²) >= 11 is 0. The Balaban J connectivity index is 2.83. The summed E-state index contributed by atoms with van der Waals surface area (Å²) in [6.07, 6.45) is 3.04. The molecule has 1 aliphatic rings. The van der Waals surface area contributed by atoms with Gasteiger partial charge in [0.15, 0.2) is 0 Å². The molecular formula is C10H18O. The van der Waals surface area contributed by atoms with Crippen molar-refractivity contribution in [2.75, 3.05) is 0 Å². The second kappa shape index (κ2) is 2.63. The Kier molecular flexibility index (Phi) is 2.10. The van der Waals surface area contributed by atoms with E-state index in [9.17, 15) is 5.11 Å². The average Bonchev–Trinajstić information content (AvgIpc) is 2.08. The van der Waals surface area contributed by atoms with Crippen LogP contribution in [0, 0.1) is 11.3 Å². The van der Waals surface area contributed by atoms with Crippen LogP contribution in [-0.4, -0.2) is 11.2 Å². The van der Waals surface area contributed by atoms with Crippen molar-refractivity contribution in [2.45, 2.75) is 40.2 Å². The molecule has 0 saturated heterocycles. The highest BCUT2D eigenvalue weighted by atomic mass is 16.3. The summed E-state index contributed by atoms with van der Waals surface area (Å²) in [5, 5.41) is 9.44. The summed E-state index contributed by atoms with van der Waals surface area (Å²) in [4.78, 5) is 0. The van der Waals surface area contributed by atoms with E-state index in [2.05, 4.69) is 26.8 Å². The molecule has 64 valence electrons. The lowest BCUT2D eigenvalue weighted by molar-refractivity contribution is 0.185. The molecule has 0 fully saturated rings. The largest absolute Gasteiger partial charge is 0.389 e. The zero-order chi connectivity index (χ0) is 8.65. The molecule has 0 radical (unpaired) electrons. The molecule has 0 aliphatic heterocycles. The Labute approximate surface area is 69.1 Å². The van der Waals surface area contributed by atoms with Gasteiger partial charge in [-0.25, -0.2) is 0 Å². The lowest BCUT2D eigenvalue weighted by Gasteiger charge is -2.29. The number of hydrogen-bond donors (Lipinski definition) is 1. The molecule has 0 heterocycles. The van der Waals surface area contributed by atoms with Gasteiger partial charge in [-0.15, -0.1) is 0 Å². The first kappa shape index (κ1) is 8.79. The minimum absolute atomic E-state index is 0.203. The molecule has 1 aliphatic carbocycles. The van der Waals surface area contributed by atoms with Gasteiger partial charge in [0, 0.05) is 0 Å². The second-order valence-corrected chi connectivity index (χ2v) is 4.19. The van der Waals surface area contributed by atoms with Crippen molar-refractivity contribution in [3.8, 4) is 0 Å². The molecule has 1 heteroatoms. The second-order valence-electron chi connectivity index (χ2n) is 4.19. The molecule has 0 amide bonds. The van der Waals surface area contributed by atoms with E-state index >= 15 is 0 Å². The summed E-state index contributed by atoms with van der Waals surface area (Å²) in [5.41, 5.74) is 1.42. The maximum Gasteiger partial charge on any atom is 0.0727 e. The van der Waals surface area contributed by atoms with Crippen LogP contribution in [0.25, 0.3) is 0 Å². The number of hydrogen-bond acceptors (Lipinski definition) is 1. The van der Waals surface area contributed by atoms with Crippen molar-refractivity contribution >= 4 is 0 Å². The quantitative estimate of drug-likeness (QED) is 0.575. The van der Waals surface area contributed by atoms with E-state index in [0.29, 0.717) is 5.92 Å². The number of aliphatic hydroxyl groups is 1. The lowest BCUT2D eigenvalue weighted by Crippen LogP contribution is -2.24. The Morgan fingerprint density at radius 3 is 2.36 bits per heavy atom. The monoisotopic (exact) mass is 154 g/mol. The van der Waals surface area contributed by atoms with E-state index in [1.54, 1.807) is 0 Å². The fraction of sp³-hybridized carbons (Fsp3) is 0.800. The van der Waals surface area contributed by atoms with Gasteiger partial charge in [0.25, 0.3) is 0 Å². The molecule has 0 aromatic heterocycles. The van der Waals surface area contributed by atoms with Crippen LogP contribution in [0.2, 0.25) is 0 Å². The molecule has 0 spiro atoms. The smallest absolute Gasteiger partial charge is 0.0727 e. The topological polar surface area (TPSA) is 20.2 Å². The highest BCUT2D eigenvalue weighted by Gasteiger charge is 2.35. The van der Waals surface area contributed by atoms with Crippen molar-refractivity contribution in [3.63, 3.8) is 0 Å². The Morgan fingerprint density at radius 2 is 2.18 bits per heavy atom. The van der Waals surface area contributed by atoms with Crippen LogP contribution in [0.5, 0.6) is 0 Å². The van der Waals surface area contributed by atoms with Crippen LogP contribution in [0.1, 0.15) is 34.1 Å². The summed E-state index contributed by atoms with van der Waals surface area (Å²) in [5.74, 6) is 0.673. The number of allylic oxidation sites excluding steroid dienone is 1. The first-order valence-electron chi connectivity index (χ1n) is 4.35. The number of rotatable bonds is 1. The van der Waals surface area contributed by atoms with Crippen molar-refractivity contribution in [2.24, 2.45) is 11.3 Å². The van der Waals surface area contributed by atoms with Gasteiger partial charge in [-0.3, -0.25) is 0 Å². The molecule has 11 heavy (non-hydrogen) atoms. The summed E-state index contributed by atoms with van der Waals surface area (Å²) in [6, 6.07) is 0. The van der Waals surface area contributed by atoms with Gasteiger partial charge in [0.1, 0.15) is 0 Å². The van der Waals surface area contributed by atoms with Gasteiger partial charge in [0.2, 0.25) is 0 Å². The van der Waals surface area contributed by atoms with E-state index in [4.69, 9.17) is 0 Å². The van der Waals surface area contributed by atoms with Crippen LogP contribution >= 0.6 is 0 Å². The van der Waals surface area contributed by atoms with E-state index in [-0.39, 0.29) is 11.5 Å². The SMILES string of the molecule is CC1CC=C([C@H](C)O)C1(C)C. The summed E-state index contributed by atoms with van der Waals surface area (Å²) < 4.78 is 0. The Bertz CT molecular complexity index is 177. The maximum atomic E-state index is 9.44. The molecule has 1 unspecified atom stereocenters. The zero-order valence-electron chi connectivity index (χ0n) is 7.89. The maximum absolute atomic E-state index is 9.44. The fourth-order valence-electron chi connectivity index (χ4n) is 1.85. The van der Waals surface area contributed by atoms with Crippen molar-refractivity contribution in [3.05, 3.63) is 11.6 Å². The third-order valence-electron chi connectivity index (χ3n) is 3.12. The standard InChI is InChI=1S/C10H18O/c1-7-5-6-9(8(2)11)10(7,3)4/h6-8,11H,5H2,1-4H3/t7?,8-/m0/s1. The molecule has 0 bridgehead atoms. The third-order valence-corrected chi connectivity index (χ3v) is 3.12. The van der Waals surface area contributed by atoms with Gasteiger partial charge in [-0.2, -0.15) is 0 Å². The van der Waals surface area contributed by atoms with E-state index in [1.165, 1.54) is 5.57 Å². The van der Waals surface area contributed by atoms with Crippen LogP contribution in [0.15, 0.2) is 11.6 Å². The predicted octanol–water partition coefficient (Wildman–Crippen LogP) is 2.36. The molecule has 0 saturated carbocycles. The highest BCUT2D eigenvalue weighted by molar-refractivity contribution is 5.22. The first-order valence-corrected chi connectivity index (χ1v) is 4.35. The fourth-order valence-corrected chi connectivity index (χ4v) is 1.85. The van der Waals surface area contributed by atoms with Gasteiger partial charge >= 0.3 is 0 Å². The predicted molar refractivity (Wildman–Crippen MR) is 47.3 cm³/mol. The van der Waals surface area contributed by atoms with Crippen molar-refractivity contribution in [1.82, 2.24) is 0 Å². The van der Waals surface area contributed by atoms with Crippen molar-refractivity contribution < 1.29 is 5.11 Å². The molecule has 1 nitrogen and oxygen atoms in total. The van der Waals surface area contributed by atoms with E-state index in [0.717, 1.165) is 6.42 Å². The minimum Gasteiger partial charge on any atom is -0.389 e. The molecule has 1 N–H and O–H groups in total. The van der Waals surface area contributed by atoms with E-state index < -0.39 is 0 Å². The normalized spacial score (nSPS) is 31.7. The van der Waals surface area contributed by atoms with E-state index in [1.807, 2.05) is 6.92 Å². The van der Waals surface area contributed by atoms with Gasteiger partial charge in [0.05, 0.1) is 6.10 Å². The number of aliphatic hydroxyl groups excluding tert-OH is 1. The van der Waals surface area contributed by atoms with Gasteiger partial charge < -0.3 is 5.11 Å². The van der Waals surface area contributed by atoms with Crippen LogP contribution in [0.4, 0.5) is 0 Å². The van der Waals surface area contributed by atoms with Crippen molar-refractivity contribution in [1.29, 1.82) is 0 Å². The molecular weight excluding hydrogens is 136 g/mol. The Hall–Kier alpha value is -0.300. The summed E-state index contributed by atoms with van der Waals surface area (Å²) in [7, 11) is 0. The summed E-state index contributed by atoms with van der Waals surface area (Å²) in [6.45, 7) is 8.52. The average molecular weight is 154 g/mol.